The zero-order chi connectivity index (χ0) is 15.5. The van der Waals surface area contributed by atoms with Gasteiger partial charge in [0.25, 0.3) is 0 Å². The SMILES string of the molecule is CCOc1c(/C=C/c2cccnc2)nc2sc(Cl)cn2c1=O. The van der Waals surface area contributed by atoms with E-state index in [1.807, 2.05) is 25.1 Å². The fourth-order valence-corrected chi connectivity index (χ4v) is 2.97. The topological polar surface area (TPSA) is 56.5 Å². The quantitative estimate of drug-likeness (QED) is 0.734. The number of aromatic nitrogens is 3. The van der Waals surface area contributed by atoms with Crippen LogP contribution in [0.15, 0.2) is 35.5 Å². The first kappa shape index (κ1) is 14.7. The normalized spacial score (nSPS) is 11.4. The fourth-order valence-electron chi connectivity index (χ4n) is 1.96. The van der Waals surface area contributed by atoms with Gasteiger partial charge in [-0.25, -0.2) is 4.98 Å². The van der Waals surface area contributed by atoms with Crippen LogP contribution < -0.4 is 10.3 Å². The molecule has 0 amide bonds. The maximum absolute atomic E-state index is 12.5. The van der Waals surface area contributed by atoms with Crippen molar-refractivity contribution in [2.24, 2.45) is 0 Å². The molecule has 0 aliphatic heterocycles. The summed E-state index contributed by atoms with van der Waals surface area (Å²) in [6.45, 7) is 2.21. The zero-order valence-corrected chi connectivity index (χ0v) is 13.3. The predicted molar refractivity (Wildman–Crippen MR) is 88.7 cm³/mol. The first-order chi connectivity index (χ1) is 10.7. The minimum Gasteiger partial charge on any atom is -0.487 e. The van der Waals surface area contributed by atoms with Crippen molar-refractivity contribution in [3.05, 3.63) is 56.7 Å². The second kappa shape index (κ2) is 6.29. The second-order valence-corrected chi connectivity index (χ2v) is 6.01. The van der Waals surface area contributed by atoms with E-state index in [-0.39, 0.29) is 11.3 Å². The summed E-state index contributed by atoms with van der Waals surface area (Å²) >= 11 is 7.21. The third-order valence-electron chi connectivity index (χ3n) is 2.89. The Balaban J connectivity index is 2.12. The van der Waals surface area contributed by atoms with Crippen LogP contribution in [0.4, 0.5) is 0 Å². The van der Waals surface area contributed by atoms with Gasteiger partial charge in [-0.3, -0.25) is 14.2 Å². The Hall–Kier alpha value is -2.18. The number of hydrogen-bond donors (Lipinski definition) is 0. The molecule has 22 heavy (non-hydrogen) atoms. The van der Waals surface area contributed by atoms with Crippen LogP contribution in [-0.4, -0.2) is 21.0 Å². The number of fused-ring (bicyclic) bond motifs is 1. The van der Waals surface area contributed by atoms with Crippen molar-refractivity contribution in [1.82, 2.24) is 14.4 Å². The van der Waals surface area contributed by atoms with Gasteiger partial charge in [0.05, 0.1) is 6.61 Å². The third kappa shape index (κ3) is 2.88. The molecule has 3 aromatic heterocycles. The molecule has 3 aromatic rings. The fraction of sp³-hybridized carbons (Fsp3) is 0.133. The minimum absolute atomic E-state index is 0.217. The highest BCUT2D eigenvalue weighted by molar-refractivity contribution is 7.20. The highest BCUT2D eigenvalue weighted by atomic mass is 35.5. The Kier molecular flexibility index (Phi) is 4.22. The van der Waals surface area contributed by atoms with Crippen molar-refractivity contribution in [3.63, 3.8) is 0 Å². The Labute approximate surface area is 135 Å². The molecule has 0 saturated heterocycles. The maximum atomic E-state index is 12.5. The largest absolute Gasteiger partial charge is 0.487 e. The highest BCUT2D eigenvalue weighted by Gasteiger charge is 2.14. The van der Waals surface area contributed by atoms with Gasteiger partial charge >= 0.3 is 5.56 Å². The molecule has 0 fully saturated rings. The van der Waals surface area contributed by atoms with Crippen LogP contribution in [-0.2, 0) is 0 Å². The van der Waals surface area contributed by atoms with Crippen molar-refractivity contribution < 1.29 is 4.74 Å². The lowest BCUT2D eigenvalue weighted by Crippen LogP contribution is -2.17. The molecule has 0 saturated carbocycles. The molecule has 0 atom stereocenters. The first-order valence-corrected chi connectivity index (χ1v) is 7.81. The summed E-state index contributed by atoms with van der Waals surface area (Å²) in [5, 5.41) is 0. The summed E-state index contributed by atoms with van der Waals surface area (Å²) in [5.41, 5.74) is 1.13. The summed E-state index contributed by atoms with van der Waals surface area (Å²) in [6.07, 6.45) is 8.56. The Morgan fingerprint density at radius 1 is 1.45 bits per heavy atom. The van der Waals surface area contributed by atoms with E-state index in [4.69, 9.17) is 16.3 Å². The van der Waals surface area contributed by atoms with E-state index in [0.29, 0.717) is 21.6 Å². The molecule has 0 aliphatic rings. The second-order valence-electron chi connectivity index (χ2n) is 4.37. The van der Waals surface area contributed by atoms with Crippen LogP contribution in [0, 0.1) is 0 Å². The number of pyridine rings is 1. The number of hydrogen-bond acceptors (Lipinski definition) is 5. The van der Waals surface area contributed by atoms with E-state index >= 15 is 0 Å². The summed E-state index contributed by atoms with van der Waals surface area (Å²) in [6, 6.07) is 3.75. The molecule has 0 bridgehead atoms. The maximum Gasteiger partial charge on any atom is 0.301 e. The van der Waals surface area contributed by atoms with Crippen LogP contribution in [0.2, 0.25) is 4.34 Å². The Bertz CT molecular complexity index is 887. The van der Waals surface area contributed by atoms with E-state index in [9.17, 15) is 4.79 Å². The van der Waals surface area contributed by atoms with Crippen LogP contribution in [0.1, 0.15) is 18.2 Å². The standard InChI is InChI=1S/C15H12ClN3O2S/c1-2-21-13-11(6-5-10-4-3-7-17-8-10)18-15-19(14(13)20)9-12(16)22-15/h3-9H,2H2,1H3/b6-5+. The van der Waals surface area contributed by atoms with E-state index in [0.717, 1.165) is 5.56 Å². The molecular formula is C15H12ClN3O2S. The van der Waals surface area contributed by atoms with Gasteiger partial charge < -0.3 is 4.74 Å². The van der Waals surface area contributed by atoms with Crippen molar-refractivity contribution in [2.75, 3.05) is 6.61 Å². The summed E-state index contributed by atoms with van der Waals surface area (Å²) in [7, 11) is 0. The van der Waals surface area contributed by atoms with Gasteiger partial charge in [-0.05, 0) is 24.6 Å². The van der Waals surface area contributed by atoms with Gasteiger partial charge in [-0.15, -0.1) is 0 Å². The van der Waals surface area contributed by atoms with Crippen molar-refractivity contribution in [2.45, 2.75) is 6.92 Å². The smallest absolute Gasteiger partial charge is 0.301 e. The zero-order valence-electron chi connectivity index (χ0n) is 11.7. The van der Waals surface area contributed by atoms with Crippen molar-refractivity contribution in [1.29, 1.82) is 0 Å². The van der Waals surface area contributed by atoms with Crippen LogP contribution in [0.3, 0.4) is 0 Å². The molecule has 3 rings (SSSR count). The molecule has 0 radical (unpaired) electrons. The Morgan fingerprint density at radius 3 is 3.05 bits per heavy atom. The van der Waals surface area contributed by atoms with Crippen molar-refractivity contribution >= 4 is 40.1 Å². The number of rotatable bonds is 4. The van der Waals surface area contributed by atoms with Gasteiger partial charge in [-0.1, -0.05) is 35.1 Å². The molecule has 0 N–H and O–H groups in total. The van der Waals surface area contributed by atoms with Gasteiger partial charge in [-0.2, -0.15) is 0 Å². The van der Waals surface area contributed by atoms with Crippen LogP contribution in [0.25, 0.3) is 17.1 Å². The van der Waals surface area contributed by atoms with E-state index in [1.54, 1.807) is 24.7 Å². The third-order valence-corrected chi connectivity index (χ3v) is 3.99. The average Bonchev–Trinajstić information content (AvgIpc) is 2.90. The lowest BCUT2D eigenvalue weighted by molar-refractivity contribution is 0.332. The lowest BCUT2D eigenvalue weighted by Gasteiger charge is -2.06. The van der Waals surface area contributed by atoms with E-state index in [1.165, 1.54) is 15.7 Å². The number of halogens is 1. The van der Waals surface area contributed by atoms with E-state index in [2.05, 4.69) is 9.97 Å². The molecule has 3 heterocycles. The van der Waals surface area contributed by atoms with Crippen LogP contribution >= 0.6 is 22.9 Å². The van der Waals surface area contributed by atoms with Gasteiger partial charge in [0, 0.05) is 18.6 Å². The predicted octanol–water partition coefficient (Wildman–Crippen LogP) is 3.37. The Morgan fingerprint density at radius 2 is 2.32 bits per heavy atom. The van der Waals surface area contributed by atoms with Gasteiger partial charge in [0.15, 0.2) is 4.96 Å². The monoisotopic (exact) mass is 333 g/mol. The summed E-state index contributed by atoms with van der Waals surface area (Å²) in [5.74, 6) is 0.217. The molecule has 0 aromatic carbocycles. The first-order valence-electron chi connectivity index (χ1n) is 6.61. The highest BCUT2D eigenvalue weighted by Crippen LogP contribution is 2.23. The van der Waals surface area contributed by atoms with E-state index < -0.39 is 0 Å². The van der Waals surface area contributed by atoms with Gasteiger partial charge in [0.2, 0.25) is 5.75 Å². The molecule has 0 unspecified atom stereocenters. The summed E-state index contributed by atoms with van der Waals surface area (Å²) in [4.78, 5) is 21.5. The summed E-state index contributed by atoms with van der Waals surface area (Å²) < 4.78 is 7.38. The van der Waals surface area contributed by atoms with Crippen LogP contribution in [0.5, 0.6) is 5.75 Å². The average molecular weight is 334 g/mol. The van der Waals surface area contributed by atoms with Gasteiger partial charge in [0.1, 0.15) is 10.0 Å². The number of ether oxygens (including phenoxy) is 1. The molecule has 112 valence electrons. The molecule has 7 heteroatoms. The molecule has 0 spiro atoms. The molecular weight excluding hydrogens is 322 g/mol. The molecule has 5 nitrogen and oxygen atoms in total. The molecule has 0 aliphatic carbocycles. The lowest BCUT2D eigenvalue weighted by atomic mass is 10.2. The minimum atomic E-state index is -0.263. The number of nitrogens with zero attached hydrogens (tertiary/aromatic N) is 3. The van der Waals surface area contributed by atoms with Crippen molar-refractivity contribution in [3.8, 4) is 5.75 Å². The number of thiazole rings is 1.